The molecule has 1 saturated heterocycles. The number of aliphatic hydroxyl groups is 1. The molecule has 3 N–H and O–H groups in total. The number of aliphatic hydroxyl groups excluding tert-OH is 1. The molecule has 0 amide bonds. The van der Waals surface area contributed by atoms with Crippen LogP contribution in [0.15, 0.2) is 29.1 Å². The highest BCUT2D eigenvalue weighted by atomic mass is 19.1. The van der Waals surface area contributed by atoms with Crippen molar-refractivity contribution in [2.24, 2.45) is 0 Å². The molecule has 1 aliphatic heterocycles. The Kier molecular flexibility index (Phi) is 3.81. The van der Waals surface area contributed by atoms with Crippen LogP contribution in [-0.4, -0.2) is 46.8 Å². The number of nitrogens with zero attached hydrogens (tertiary/aromatic N) is 2. The minimum Gasteiger partial charge on any atom is -0.387 e. The van der Waals surface area contributed by atoms with Crippen molar-refractivity contribution in [3.8, 4) is 0 Å². The van der Waals surface area contributed by atoms with E-state index in [0.717, 1.165) is 4.57 Å². The number of ether oxygens (including phenoxy) is 2. The van der Waals surface area contributed by atoms with Gasteiger partial charge in [-0.15, -0.1) is 0 Å². The van der Waals surface area contributed by atoms with Crippen molar-refractivity contribution in [2.75, 3.05) is 19.5 Å². The van der Waals surface area contributed by atoms with Crippen LogP contribution in [0.3, 0.4) is 0 Å². The average Bonchev–Trinajstić information content (AvgIpc) is 2.77. The first-order valence-electron chi connectivity index (χ1n) is 6.78. The van der Waals surface area contributed by atoms with E-state index in [1.165, 1.54) is 7.11 Å². The van der Waals surface area contributed by atoms with Gasteiger partial charge in [-0.1, -0.05) is 12.1 Å². The molecule has 0 radical (unpaired) electrons. The highest BCUT2D eigenvalue weighted by molar-refractivity contribution is 5.88. The fourth-order valence-electron chi connectivity index (χ4n) is 2.68. The molecule has 8 heteroatoms. The summed E-state index contributed by atoms with van der Waals surface area (Å²) in [6, 6.07) is 6.74. The smallest absolute Gasteiger partial charge is 0.352 e. The molecule has 1 fully saturated rings. The Morgan fingerprint density at radius 3 is 2.95 bits per heavy atom. The summed E-state index contributed by atoms with van der Waals surface area (Å²) in [7, 11) is 1.42. The fraction of sp³-hybridized carbons (Fsp3) is 0.429. The molecule has 1 aromatic heterocycles. The van der Waals surface area contributed by atoms with Gasteiger partial charge in [-0.2, -0.15) is 4.98 Å². The number of anilines is 1. The lowest BCUT2D eigenvalue weighted by Crippen LogP contribution is -2.34. The minimum absolute atomic E-state index is 0.0210. The molecule has 0 spiro atoms. The van der Waals surface area contributed by atoms with Crippen LogP contribution in [0.1, 0.15) is 6.23 Å². The first-order valence-corrected chi connectivity index (χ1v) is 6.78. The van der Waals surface area contributed by atoms with Crippen LogP contribution < -0.4 is 11.4 Å². The Labute approximate surface area is 125 Å². The molecule has 1 unspecified atom stereocenters. The molecule has 3 rings (SSSR count). The number of para-hydroxylation sites is 1. The van der Waals surface area contributed by atoms with Gasteiger partial charge in [0.25, 0.3) is 0 Å². The second-order valence-corrected chi connectivity index (χ2v) is 5.12. The number of nitrogens with two attached hydrogens (primary N) is 1. The van der Waals surface area contributed by atoms with Crippen molar-refractivity contribution in [3.63, 3.8) is 0 Å². The molecule has 2 aromatic rings. The van der Waals surface area contributed by atoms with E-state index in [0.29, 0.717) is 10.9 Å². The summed E-state index contributed by atoms with van der Waals surface area (Å²) in [5.74, 6) is 0.0687. The third-order valence-electron chi connectivity index (χ3n) is 3.74. The predicted octanol–water partition coefficient (Wildman–Crippen LogP) is 0.221. The van der Waals surface area contributed by atoms with E-state index in [-0.39, 0.29) is 12.4 Å². The third-order valence-corrected chi connectivity index (χ3v) is 3.74. The Hall–Kier alpha value is -2.03. The number of alkyl halides is 1. The quantitative estimate of drug-likeness (QED) is 0.841. The molecular weight excluding hydrogens is 293 g/mol. The van der Waals surface area contributed by atoms with Gasteiger partial charge in [0.05, 0.1) is 12.1 Å². The lowest BCUT2D eigenvalue weighted by molar-refractivity contribution is -0.0555. The molecule has 2 heterocycles. The van der Waals surface area contributed by atoms with Crippen LogP contribution >= 0.6 is 0 Å². The molecule has 1 aromatic carbocycles. The Morgan fingerprint density at radius 2 is 2.23 bits per heavy atom. The number of benzene rings is 1. The molecule has 0 aliphatic carbocycles. The van der Waals surface area contributed by atoms with Gasteiger partial charge in [-0.05, 0) is 12.1 Å². The van der Waals surface area contributed by atoms with Crippen molar-refractivity contribution in [2.45, 2.75) is 24.6 Å². The summed E-state index contributed by atoms with van der Waals surface area (Å²) in [5, 5.41) is 10.4. The van der Waals surface area contributed by atoms with Gasteiger partial charge >= 0.3 is 5.69 Å². The number of hydrogen-bond acceptors (Lipinski definition) is 6. The standard InChI is InChI=1S/C14H16FN3O4/c1-21-6-9-11(19)10(15)13(22-9)18-8-5-3-2-4-7(8)12(16)17-14(18)20/h2-5,9-11,13,19H,6H2,1H3,(H2,16,17,20)/t9?,10-,11-,13-/m1/s1. The SMILES string of the molecule is COCC1O[C@@H](n2c(=O)nc(N)c3ccccc32)[C@H](F)[C@@H]1O. The number of rotatable bonds is 3. The molecule has 4 atom stereocenters. The van der Waals surface area contributed by atoms with Crippen LogP contribution in [0.25, 0.3) is 10.9 Å². The van der Waals surface area contributed by atoms with Gasteiger partial charge < -0.3 is 20.3 Å². The fourth-order valence-corrected chi connectivity index (χ4v) is 2.68. The van der Waals surface area contributed by atoms with E-state index in [2.05, 4.69) is 4.98 Å². The summed E-state index contributed by atoms with van der Waals surface area (Å²) < 4.78 is 25.8. The summed E-state index contributed by atoms with van der Waals surface area (Å²) in [6.07, 6.45) is -5.28. The molecule has 22 heavy (non-hydrogen) atoms. The van der Waals surface area contributed by atoms with Crippen LogP contribution in [0.2, 0.25) is 0 Å². The maximum atomic E-state index is 14.4. The number of aromatic nitrogens is 2. The second kappa shape index (κ2) is 5.64. The molecule has 1 aliphatic rings. The summed E-state index contributed by atoms with van der Waals surface area (Å²) >= 11 is 0. The van der Waals surface area contributed by atoms with Crippen molar-refractivity contribution in [1.82, 2.24) is 9.55 Å². The van der Waals surface area contributed by atoms with Gasteiger partial charge in [0.2, 0.25) is 0 Å². The van der Waals surface area contributed by atoms with Crippen LogP contribution in [-0.2, 0) is 9.47 Å². The van der Waals surface area contributed by atoms with Gasteiger partial charge in [0.15, 0.2) is 12.4 Å². The monoisotopic (exact) mass is 309 g/mol. The molecule has 118 valence electrons. The van der Waals surface area contributed by atoms with E-state index < -0.39 is 30.3 Å². The van der Waals surface area contributed by atoms with E-state index in [4.69, 9.17) is 15.2 Å². The first-order chi connectivity index (χ1) is 10.5. The summed E-state index contributed by atoms with van der Waals surface area (Å²) in [5.41, 5.74) is 5.41. The third kappa shape index (κ3) is 2.25. The zero-order chi connectivity index (χ0) is 15.9. The van der Waals surface area contributed by atoms with Crippen LogP contribution in [0.5, 0.6) is 0 Å². The normalized spacial score (nSPS) is 28.3. The van der Waals surface area contributed by atoms with Gasteiger partial charge in [0, 0.05) is 12.5 Å². The summed E-state index contributed by atoms with van der Waals surface area (Å²) in [6.45, 7) is 0.0210. The minimum atomic E-state index is -1.77. The number of fused-ring (bicyclic) bond motifs is 1. The van der Waals surface area contributed by atoms with Crippen molar-refractivity contribution < 1.29 is 19.0 Å². The second-order valence-electron chi connectivity index (χ2n) is 5.12. The Balaban J connectivity index is 2.13. The first kappa shape index (κ1) is 14.9. The van der Waals surface area contributed by atoms with Crippen molar-refractivity contribution in [3.05, 3.63) is 34.7 Å². The molecule has 0 bridgehead atoms. The summed E-state index contributed by atoms with van der Waals surface area (Å²) in [4.78, 5) is 15.9. The van der Waals surface area contributed by atoms with Crippen LogP contribution in [0, 0.1) is 0 Å². The largest absolute Gasteiger partial charge is 0.387 e. The average molecular weight is 309 g/mol. The number of nitrogen functional groups attached to an aromatic ring is 1. The lowest BCUT2D eigenvalue weighted by atomic mass is 10.1. The number of methoxy groups -OCH3 is 1. The van der Waals surface area contributed by atoms with E-state index in [1.807, 2.05) is 0 Å². The van der Waals surface area contributed by atoms with E-state index >= 15 is 0 Å². The van der Waals surface area contributed by atoms with Gasteiger partial charge in [0.1, 0.15) is 18.0 Å². The highest BCUT2D eigenvalue weighted by Gasteiger charge is 2.46. The predicted molar refractivity (Wildman–Crippen MR) is 77.1 cm³/mol. The van der Waals surface area contributed by atoms with Crippen LogP contribution in [0.4, 0.5) is 10.2 Å². The lowest BCUT2D eigenvalue weighted by Gasteiger charge is -2.18. The van der Waals surface area contributed by atoms with Gasteiger partial charge in [-0.3, -0.25) is 4.57 Å². The molecule has 7 nitrogen and oxygen atoms in total. The van der Waals surface area contributed by atoms with E-state index in [1.54, 1.807) is 24.3 Å². The number of hydrogen-bond donors (Lipinski definition) is 2. The Morgan fingerprint density at radius 1 is 1.50 bits per heavy atom. The molecular formula is C14H16FN3O4. The maximum absolute atomic E-state index is 14.4. The zero-order valence-corrected chi connectivity index (χ0v) is 11.8. The van der Waals surface area contributed by atoms with Crippen molar-refractivity contribution >= 4 is 16.7 Å². The zero-order valence-electron chi connectivity index (χ0n) is 11.8. The van der Waals surface area contributed by atoms with E-state index in [9.17, 15) is 14.3 Å². The Bertz CT molecular complexity index is 750. The maximum Gasteiger partial charge on any atom is 0.352 e. The number of halogens is 1. The highest BCUT2D eigenvalue weighted by Crippen LogP contribution is 2.33. The topological polar surface area (TPSA) is 99.6 Å². The van der Waals surface area contributed by atoms with Crippen molar-refractivity contribution in [1.29, 1.82) is 0 Å². The van der Waals surface area contributed by atoms with Gasteiger partial charge in [-0.25, -0.2) is 9.18 Å². The molecule has 0 saturated carbocycles.